The Morgan fingerprint density at radius 3 is 2.48 bits per heavy atom. The molecule has 2 aromatic rings. The Kier molecular flexibility index (Phi) is 10.6. The first-order valence-corrected chi connectivity index (χ1v) is 10.9. The predicted molar refractivity (Wildman–Crippen MR) is 143 cm³/mol. The minimum atomic E-state index is -0.0583. The van der Waals surface area contributed by atoms with E-state index in [0.29, 0.717) is 18.7 Å². The summed E-state index contributed by atoms with van der Waals surface area (Å²) in [4.78, 5) is 18.7. The molecule has 3 N–H and O–H groups in total. The summed E-state index contributed by atoms with van der Waals surface area (Å²) in [5.74, 6) is 2.24. The maximum atomic E-state index is 12.1. The van der Waals surface area contributed by atoms with Crippen molar-refractivity contribution in [1.82, 2.24) is 16.0 Å². The molecule has 0 aromatic heterocycles. The maximum absolute atomic E-state index is 12.1. The summed E-state index contributed by atoms with van der Waals surface area (Å²) in [6, 6.07) is 13.8. The van der Waals surface area contributed by atoms with E-state index in [9.17, 15) is 4.79 Å². The van der Waals surface area contributed by atoms with Crippen LogP contribution in [0.15, 0.2) is 47.5 Å². The molecule has 1 aliphatic heterocycles. The fourth-order valence-electron chi connectivity index (χ4n) is 3.75. The van der Waals surface area contributed by atoms with Gasteiger partial charge in [-0.1, -0.05) is 12.1 Å². The molecule has 180 valence electrons. The Morgan fingerprint density at radius 2 is 1.85 bits per heavy atom. The fourth-order valence-corrected chi connectivity index (χ4v) is 3.75. The molecule has 0 saturated carbocycles. The molecule has 9 heteroatoms. The number of carbonyl (C=O) groups is 1. The highest BCUT2D eigenvalue weighted by Gasteiger charge is 2.24. The Labute approximate surface area is 213 Å². The van der Waals surface area contributed by atoms with E-state index in [4.69, 9.17) is 9.47 Å². The molecule has 1 heterocycles. The summed E-state index contributed by atoms with van der Waals surface area (Å²) in [6.45, 7) is 4.88. The molecular weight excluding hydrogens is 533 g/mol. The lowest BCUT2D eigenvalue weighted by molar-refractivity contribution is 0.0955. The number of guanidine groups is 1. The third kappa shape index (κ3) is 7.41. The number of nitrogens with zero attached hydrogens (tertiary/aromatic N) is 2. The van der Waals surface area contributed by atoms with Crippen LogP contribution in [0.5, 0.6) is 11.5 Å². The fraction of sp³-hybridized carbons (Fsp3) is 0.417. The average molecular weight is 567 g/mol. The minimum absolute atomic E-state index is 0. The summed E-state index contributed by atoms with van der Waals surface area (Å²) in [5, 5.41) is 9.69. The van der Waals surface area contributed by atoms with Crippen LogP contribution in [0.4, 0.5) is 5.69 Å². The van der Waals surface area contributed by atoms with Gasteiger partial charge in [-0.25, -0.2) is 0 Å². The molecule has 1 saturated heterocycles. The van der Waals surface area contributed by atoms with Gasteiger partial charge in [-0.05, 0) is 31.0 Å². The molecule has 1 fully saturated rings. The summed E-state index contributed by atoms with van der Waals surface area (Å²) >= 11 is 0. The second-order valence-corrected chi connectivity index (χ2v) is 7.63. The first-order valence-electron chi connectivity index (χ1n) is 10.9. The van der Waals surface area contributed by atoms with E-state index in [-0.39, 0.29) is 35.9 Å². The van der Waals surface area contributed by atoms with Gasteiger partial charge < -0.3 is 30.3 Å². The van der Waals surface area contributed by atoms with Crippen LogP contribution >= 0.6 is 24.0 Å². The number of hydrogen-bond acceptors (Lipinski definition) is 5. The van der Waals surface area contributed by atoms with Crippen molar-refractivity contribution in [2.75, 3.05) is 45.8 Å². The quantitative estimate of drug-likeness (QED) is 0.259. The highest BCUT2D eigenvalue weighted by Crippen LogP contribution is 2.30. The Balaban J connectivity index is 0.00000385. The number of halogens is 1. The Morgan fingerprint density at radius 1 is 1.12 bits per heavy atom. The highest BCUT2D eigenvalue weighted by atomic mass is 127. The number of hydrogen-bond donors (Lipinski definition) is 3. The van der Waals surface area contributed by atoms with Crippen molar-refractivity contribution in [3.8, 4) is 11.5 Å². The van der Waals surface area contributed by atoms with E-state index >= 15 is 0 Å². The summed E-state index contributed by atoms with van der Waals surface area (Å²) in [7, 11) is 5.09. The molecule has 1 aliphatic rings. The van der Waals surface area contributed by atoms with Gasteiger partial charge in [0.25, 0.3) is 5.91 Å². The van der Waals surface area contributed by atoms with Gasteiger partial charge in [0.2, 0.25) is 0 Å². The minimum Gasteiger partial charge on any atom is -0.497 e. The van der Waals surface area contributed by atoms with Crippen LogP contribution in [-0.2, 0) is 6.54 Å². The van der Waals surface area contributed by atoms with Crippen molar-refractivity contribution in [2.24, 2.45) is 4.99 Å². The molecule has 8 nitrogen and oxygen atoms in total. The zero-order chi connectivity index (χ0) is 22.9. The monoisotopic (exact) mass is 567 g/mol. The molecule has 0 aliphatic carbocycles. The topological polar surface area (TPSA) is 87.2 Å². The van der Waals surface area contributed by atoms with Crippen molar-refractivity contribution in [1.29, 1.82) is 0 Å². The number of methoxy groups -OCH3 is 2. The normalized spacial score (nSPS) is 15.5. The van der Waals surface area contributed by atoms with Gasteiger partial charge >= 0.3 is 0 Å². The lowest BCUT2D eigenvalue weighted by Crippen LogP contribution is -2.44. The lowest BCUT2D eigenvalue weighted by Gasteiger charge is -2.21. The van der Waals surface area contributed by atoms with Gasteiger partial charge in [0.1, 0.15) is 11.5 Å². The molecule has 1 atom stereocenters. The van der Waals surface area contributed by atoms with Gasteiger partial charge in [0.05, 0.1) is 14.2 Å². The molecule has 1 amide bonds. The number of carbonyl (C=O) groups excluding carboxylic acids is 1. The number of ether oxygens (including phenoxy) is 2. The van der Waals surface area contributed by atoms with Crippen LogP contribution in [-0.4, -0.2) is 58.8 Å². The zero-order valence-corrected chi connectivity index (χ0v) is 22.0. The predicted octanol–water partition coefficient (Wildman–Crippen LogP) is 3.02. The first kappa shape index (κ1) is 26.6. The second-order valence-electron chi connectivity index (χ2n) is 7.63. The number of nitrogens with one attached hydrogen (secondary N) is 3. The van der Waals surface area contributed by atoms with Crippen LogP contribution in [0, 0.1) is 0 Å². The summed E-state index contributed by atoms with van der Waals surface area (Å²) < 4.78 is 10.8. The first-order chi connectivity index (χ1) is 15.6. The van der Waals surface area contributed by atoms with Gasteiger partial charge in [-0.15, -0.1) is 24.0 Å². The molecule has 33 heavy (non-hydrogen) atoms. The molecule has 0 radical (unpaired) electrons. The SMILES string of the molecule is CCNC(=O)c1cccc(CNC(=NC)NC2CCN(c3cc(OC)cc(OC)c3)C2)c1.I. The number of rotatable bonds is 8. The summed E-state index contributed by atoms with van der Waals surface area (Å²) in [6.07, 6.45) is 0.993. The Hall–Kier alpha value is -2.69. The van der Waals surface area contributed by atoms with Crippen LogP contribution < -0.4 is 30.3 Å². The lowest BCUT2D eigenvalue weighted by atomic mass is 10.1. The van der Waals surface area contributed by atoms with Crippen molar-refractivity contribution in [3.63, 3.8) is 0 Å². The Bertz CT molecular complexity index is 931. The van der Waals surface area contributed by atoms with Crippen molar-refractivity contribution >= 4 is 41.5 Å². The van der Waals surface area contributed by atoms with Crippen molar-refractivity contribution in [3.05, 3.63) is 53.6 Å². The van der Waals surface area contributed by atoms with E-state index in [2.05, 4.69) is 25.8 Å². The van der Waals surface area contributed by atoms with E-state index in [1.54, 1.807) is 21.3 Å². The van der Waals surface area contributed by atoms with Crippen LogP contribution in [0.25, 0.3) is 0 Å². The molecule has 0 bridgehead atoms. The van der Waals surface area contributed by atoms with Gasteiger partial charge in [-0.3, -0.25) is 9.79 Å². The standard InChI is InChI=1S/C24H33N5O3.HI/c1-5-26-23(30)18-8-6-7-17(11-18)15-27-24(25-2)28-19-9-10-29(16-19)20-12-21(31-3)14-22(13-20)32-4;/h6-8,11-14,19H,5,9-10,15-16H2,1-4H3,(H,26,30)(H2,25,27,28);1H. The van der Waals surface area contributed by atoms with Crippen LogP contribution in [0.3, 0.4) is 0 Å². The number of anilines is 1. The molecule has 0 spiro atoms. The smallest absolute Gasteiger partial charge is 0.251 e. The molecule has 1 unspecified atom stereocenters. The van der Waals surface area contributed by atoms with Gasteiger partial charge in [-0.2, -0.15) is 0 Å². The highest BCUT2D eigenvalue weighted by molar-refractivity contribution is 14.0. The third-order valence-corrected chi connectivity index (χ3v) is 5.44. The molecule has 2 aromatic carbocycles. The number of amides is 1. The average Bonchev–Trinajstić information content (AvgIpc) is 3.30. The van der Waals surface area contributed by atoms with Crippen molar-refractivity contribution in [2.45, 2.75) is 25.9 Å². The molecule has 3 rings (SSSR count). The van der Waals surface area contributed by atoms with E-state index in [1.165, 1.54) is 0 Å². The second kappa shape index (κ2) is 13.1. The van der Waals surface area contributed by atoms with E-state index in [0.717, 1.165) is 48.2 Å². The largest absolute Gasteiger partial charge is 0.497 e. The van der Waals surface area contributed by atoms with Crippen LogP contribution in [0.1, 0.15) is 29.3 Å². The molecular formula is C24H34IN5O3. The van der Waals surface area contributed by atoms with Gasteiger partial charge in [0, 0.05) is 68.7 Å². The van der Waals surface area contributed by atoms with Crippen molar-refractivity contribution < 1.29 is 14.3 Å². The van der Waals surface area contributed by atoms with Gasteiger partial charge in [0.15, 0.2) is 5.96 Å². The van der Waals surface area contributed by atoms with E-state index < -0.39 is 0 Å². The number of benzene rings is 2. The maximum Gasteiger partial charge on any atom is 0.251 e. The number of aliphatic imine (C=N–C) groups is 1. The van der Waals surface area contributed by atoms with Crippen LogP contribution in [0.2, 0.25) is 0 Å². The van der Waals surface area contributed by atoms with E-state index in [1.807, 2.05) is 49.4 Å². The summed E-state index contributed by atoms with van der Waals surface area (Å²) in [5.41, 5.74) is 2.76. The third-order valence-electron chi connectivity index (χ3n) is 5.44. The zero-order valence-electron chi connectivity index (χ0n) is 19.7.